The first kappa shape index (κ1) is 23.4. The van der Waals surface area contributed by atoms with E-state index in [4.69, 9.17) is 13.9 Å². The van der Waals surface area contributed by atoms with Crippen LogP contribution in [0.15, 0.2) is 46.8 Å². The molecule has 0 bridgehead atoms. The third kappa shape index (κ3) is 2.96. The van der Waals surface area contributed by atoms with Gasteiger partial charge in [0.05, 0.1) is 18.6 Å². The molecule has 34 heavy (non-hydrogen) atoms. The summed E-state index contributed by atoms with van der Waals surface area (Å²) in [6.45, 7) is 12.3. The minimum Gasteiger partial charge on any atom is -0.472 e. The standard InChI is InChI=1S/C28H36O6/c1-16(29)33-22-13-19-25(2,3)21(30)8-11-26(19,4)18-7-10-27(5)20(28(18,22)6)14-23(31)34-24(27)17-9-12-32-15-17/h8-9,11-12,14-15,18-19,21-22,24,30H,7,10,13H2,1-6H3/t18-,19+,21+,22-,24-,26+,27+,28+/m0/s1. The number of ether oxygens (including phenoxy) is 2. The van der Waals surface area contributed by atoms with E-state index in [1.165, 1.54) is 6.92 Å². The molecule has 2 fully saturated rings. The van der Waals surface area contributed by atoms with E-state index < -0.39 is 29.1 Å². The van der Waals surface area contributed by atoms with Crippen LogP contribution in [0, 0.1) is 33.5 Å². The Morgan fingerprint density at radius 1 is 1.18 bits per heavy atom. The molecule has 1 aromatic rings. The fourth-order valence-electron chi connectivity index (χ4n) is 8.30. The lowest BCUT2D eigenvalue weighted by molar-refractivity contribution is -0.201. The lowest BCUT2D eigenvalue weighted by Gasteiger charge is -2.68. The van der Waals surface area contributed by atoms with E-state index >= 15 is 0 Å². The molecule has 0 saturated heterocycles. The topological polar surface area (TPSA) is 86.0 Å². The monoisotopic (exact) mass is 468 g/mol. The van der Waals surface area contributed by atoms with E-state index in [0.717, 1.165) is 24.0 Å². The number of hydrogen-bond acceptors (Lipinski definition) is 6. The van der Waals surface area contributed by atoms with Gasteiger partial charge < -0.3 is 19.0 Å². The van der Waals surface area contributed by atoms with Crippen molar-refractivity contribution in [1.29, 1.82) is 0 Å². The highest BCUT2D eigenvalue weighted by molar-refractivity contribution is 5.85. The highest BCUT2D eigenvalue weighted by Gasteiger charge is 2.68. The molecule has 2 saturated carbocycles. The van der Waals surface area contributed by atoms with Gasteiger partial charge in [0.25, 0.3) is 0 Å². The Morgan fingerprint density at radius 2 is 1.91 bits per heavy atom. The second kappa shape index (κ2) is 7.33. The van der Waals surface area contributed by atoms with E-state index in [1.807, 2.05) is 12.1 Å². The predicted octanol–water partition coefficient (Wildman–Crippen LogP) is 5.14. The molecule has 1 N–H and O–H groups in total. The van der Waals surface area contributed by atoms with Gasteiger partial charge in [0.1, 0.15) is 12.2 Å². The summed E-state index contributed by atoms with van der Waals surface area (Å²) in [6.07, 6.45) is 9.95. The van der Waals surface area contributed by atoms with Crippen LogP contribution in [0.25, 0.3) is 0 Å². The van der Waals surface area contributed by atoms with E-state index in [-0.39, 0.29) is 34.6 Å². The van der Waals surface area contributed by atoms with Crippen molar-refractivity contribution in [2.24, 2.45) is 33.5 Å². The smallest absolute Gasteiger partial charge is 0.331 e. The molecule has 1 aromatic heterocycles. The molecule has 0 spiro atoms. The Kier molecular flexibility index (Phi) is 5.05. The fourth-order valence-corrected chi connectivity index (χ4v) is 8.30. The number of aliphatic hydroxyl groups excluding tert-OH is 1. The minimum atomic E-state index is -0.561. The first-order chi connectivity index (χ1) is 15.8. The summed E-state index contributed by atoms with van der Waals surface area (Å²) in [6, 6.07) is 1.86. The SMILES string of the molecule is CC(=O)O[C@H]1C[C@@H]2C(C)(C)[C@H](O)C=C[C@]2(C)[C@@H]2CC[C@]3(C)C(=CC(=O)O[C@H]3c3ccoc3)[C@]12C. The molecule has 4 aliphatic rings. The predicted molar refractivity (Wildman–Crippen MR) is 125 cm³/mol. The highest BCUT2D eigenvalue weighted by Crippen LogP contribution is 2.72. The third-order valence-corrected chi connectivity index (χ3v) is 10.0. The molecular weight excluding hydrogens is 432 g/mol. The summed E-state index contributed by atoms with van der Waals surface area (Å²) >= 11 is 0. The number of aliphatic hydroxyl groups is 1. The Balaban J connectivity index is 1.69. The molecule has 3 aliphatic carbocycles. The van der Waals surface area contributed by atoms with Crippen molar-refractivity contribution in [2.75, 3.05) is 0 Å². The number of allylic oxidation sites excluding steroid dienone is 1. The van der Waals surface area contributed by atoms with Gasteiger partial charge in [0.15, 0.2) is 0 Å². The van der Waals surface area contributed by atoms with Crippen molar-refractivity contribution in [3.8, 4) is 0 Å². The molecule has 0 radical (unpaired) electrons. The molecule has 2 heterocycles. The number of cyclic esters (lactones) is 1. The van der Waals surface area contributed by atoms with Gasteiger partial charge in [-0.3, -0.25) is 4.79 Å². The third-order valence-electron chi connectivity index (χ3n) is 10.0. The summed E-state index contributed by atoms with van der Waals surface area (Å²) in [5.41, 5.74) is 0.245. The number of carbonyl (C=O) groups is 2. The number of carbonyl (C=O) groups excluding carboxylic acids is 2. The summed E-state index contributed by atoms with van der Waals surface area (Å²) < 4.78 is 17.3. The van der Waals surface area contributed by atoms with Gasteiger partial charge in [-0.25, -0.2) is 4.79 Å². The van der Waals surface area contributed by atoms with Crippen molar-refractivity contribution in [3.05, 3.63) is 48.0 Å². The van der Waals surface area contributed by atoms with E-state index in [2.05, 4.69) is 40.7 Å². The maximum atomic E-state index is 12.9. The normalized spacial score (nSPS) is 44.7. The second-order valence-corrected chi connectivity index (χ2v) is 12.1. The number of hydrogen-bond donors (Lipinski definition) is 1. The number of rotatable bonds is 2. The van der Waals surface area contributed by atoms with Crippen LogP contribution in [0.3, 0.4) is 0 Å². The first-order valence-corrected chi connectivity index (χ1v) is 12.3. The zero-order chi connectivity index (χ0) is 24.7. The Morgan fingerprint density at radius 3 is 2.56 bits per heavy atom. The van der Waals surface area contributed by atoms with Crippen LogP contribution in [-0.2, 0) is 19.1 Å². The Bertz CT molecular complexity index is 1070. The molecule has 8 atom stereocenters. The van der Waals surface area contributed by atoms with Gasteiger partial charge in [0, 0.05) is 29.4 Å². The van der Waals surface area contributed by atoms with Crippen LogP contribution in [-0.4, -0.2) is 29.3 Å². The van der Waals surface area contributed by atoms with E-state index in [1.54, 1.807) is 18.6 Å². The van der Waals surface area contributed by atoms with E-state index in [0.29, 0.717) is 6.42 Å². The van der Waals surface area contributed by atoms with Crippen molar-refractivity contribution >= 4 is 11.9 Å². The molecule has 0 aromatic carbocycles. The van der Waals surface area contributed by atoms with Crippen LogP contribution in [0.5, 0.6) is 0 Å². The second-order valence-electron chi connectivity index (χ2n) is 12.1. The first-order valence-electron chi connectivity index (χ1n) is 12.3. The van der Waals surface area contributed by atoms with Gasteiger partial charge in [-0.1, -0.05) is 46.8 Å². The summed E-state index contributed by atoms with van der Waals surface area (Å²) in [5.74, 6) is -0.450. The molecule has 6 heteroatoms. The van der Waals surface area contributed by atoms with Gasteiger partial charge in [0.2, 0.25) is 0 Å². The maximum absolute atomic E-state index is 12.9. The number of furan rings is 1. The summed E-state index contributed by atoms with van der Waals surface area (Å²) in [5, 5.41) is 10.8. The van der Waals surface area contributed by atoms with Crippen LogP contribution >= 0.6 is 0 Å². The summed E-state index contributed by atoms with van der Waals surface area (Å²) in [4.78, 5) is 25.3. The molecule has 0 unspecified atom stereocenters. The quantitative estimate of drug-likeness (QED) is 0.478. The fraction of sp³-hybridized carbons (Fsp3) is 0.643. The minimum absolute atomic E-state index is 0.118. The van der Waals surface area contributed by atoms with Gasteiger partial charge in [-0.05, 0) is 53.6 Å². The molecule has 0 amide bonds. The zero-order valence-corrected chi connectivity index (χ0v) is 21.0. The maximum Gasteiger partial charge on any atom is 0.331 e. The van der Waals surface area contributed by atoms with Gasteiger partial charge >= 0.3 is 11.9 Å². The molecule has 184 valence electrons. The van der Waals surface area contributed by atoms with Gasteiger partial charge in [-0.15, -0.1) is 0 Å². The van der Waals surface area contributed by atoms with Gasteiger partial charge in [-0.2, -0.15) is 0 Å². The van der Waals surface area contributed by atoms with Crippen molar-refractivity contribution in [3.63, 3.8) is 0 Å². The number of esters is 2. The molecular formula is C28H36O6. The van der Waals surface area contributed by atoms with Crippen LogP contribution in [0.1, 0.15) is 72.5 Å². The average molecular weight is 469 g/mol. The van der Waals surface area contributed by atoms with E-state index in [9.17, 15) is 14.7 Å². The average Bonchev–Trinajstić information content (AvgIpc) is 3.28. The van der Waals surface area contributed by atoms with Crippen molar-refractivity contribution < 1.29 is 28.6 Å². The lowest BCUT2D eigenvalue weighted by Crippen LogP contribution is -2.65. The molecule has 1 aliphatic heterocycles. The lowest BCUT2D eigenvalue weighted by atomic mass is 9.38. The summed E-state index contributed by atoms with van der Waals surface area (Å²) in [7, 11) is 0. The van der Waals surface area contributed by atoms with Crippen LogP contribution in [0.4, 0.5) is 0 Å². The molecule has 6 nitrogen and oxygen atoms in total. The zero-order valence-electron chi connectivity index (χ0n) is 21.0. The molecule has 5 rings (SSSR count). The Hall–Kier alpha value is -2.34. The Labute approximate surface area is 201 Å². The largest absolute Gasteiger partial charge is 0.472 e. The highest BCUT2D eigenvalue weighted by atomic mass is 16.6. The van der Waals surface area contributed by atoms with Crippen LogP contribution < -0.4 is 0 Å². The van der Waals surface area contributed by atoms with Crippen molar-refractivity contribution in [2.45, 2.75) is 79.1 Å². The van der Waals surface area contributed by atoms with Crippen molar-refractivity contribution in [1.82, 2.24) is 0 Å². The number of fused-ring (bicyclic) bond motifs is 5. The van der Waals surface area contributed by atoms with Crippen LogP contribution in [0.2, 0.25) is 0 Å².